The maximum Gasteiger partial charge on any atom is 0.267 e. The summed E-state index contributed by atoms with van der Waals surface area (Å²) in [6, 6.07) is 13.0. The van der Waals surface area contributed by atoms with Crippen LogP contribution in [0.4, 0.5) is 0 Å². The zero-order chi connectivity index (χ0) is 18.4. The fraction of sp³-hybridized carbons (Fsp3) is 0.300. The predicted octanol–water partition coefficient (Wildman–Crippen LogP) is 3.72. The van der Waals surface area contributed by atoms with Gasteiger partial charge in [-0.3, -0.25) is 14.5 Å². The van der Waals surface area contributed by atoms with Crippen LogP contribution >= 0.6 is 11.8 Å². The molecule has 0 bridgehead atoms. The highest BCUT2D eigenvalue weighted by Crippen LogP contribution is 2.37. The molecule has 2 heterocycles. The molecule has 0 saturated heterocycles. The predicted molar refractivity (Wildman–Crippen MR) is 101 cm³/mol. The number of thioether (sulfide) groups is 1. The van der Waals surface area contributed by atoms with Crippen molar-refractivity contribution in [2.75, 3.05) is 19.8 Å². The van der Waals surface area contributed by atoms with Crippen LogP contribution in [0.2, 0.25) is 0 Å². The summed E-state index contributed by atoms with van der Waals surface area (Å²) in [7, 11) is 0. The molecule has 0 aliphatic carbocycles. The summed E-state index contributed by atoms with van der Waals surface area (Å²) in [5, 5.41) is 0. The van der Waals surface area contributed by atoms with Gasteiger partial charge in [0, 0.05) is 19.8 Å². The van der Waals surface area contributed by atoms with Gasteiger partial charge in [-0.25, -0.2) is 0 Å². The fourth-order valence-corrected chi connectivity index (χ4v) is 3.79. The van der Waals surface area contributed by atoms with Crippen molar-refractivity contribution in [1.82, 2.24) is 4.90 Å². The Morgan fingerprint density at radius 2 is 1.88 bits per heavy atom. The molecular weight excluding hydrogens is 350 g/mol. The number of imide groups is 1. The van der Waals surface area contributed by atoms with Crippen LogP contribution in [0.3, 0.4) is 0 Å². The van der Waals surface area contributed by atoms with Crippen molar-refractivity contribution in [2.45, 2.75) is 19.1 Å². The van der Waals surface area contributed by atoms with Gasteiger partial charge in [0.2, 0.25) is 0 Å². The summed E-state index contributed by atoms with van der Waals surface area (Å²) in [4.78, 5) is 27.6. The summed E-state index contributed by atoms with van der Waals surface area (Å²) >= 11 is 1.35. The molecule has 26 heavy (non-hydrogen) atoms. The minimum absolute atomic E-state index is 0.234. The van der Waals surface area contributed by atoms with E-state index in [1.54, 1.807) is 6.26 Å². The Labute approximate surface area is 157 Å². The van der Waals surface area contributed by atoms with E-state index in [9.17, 15) is 9.59 Å². The lowest BCUT2D eigenvalue weighted by Crippen LogP contribution is -2.33. The molecule has 2 amide bonds. The van der Waals surface area contributed by atoms with E-state index in [0.29, 0.717) is 42.4 Å². The van der Waals surface area contributed by atoms with Crippen molar-refractivity contribution in [1.29, 1.82) is 0 Å². The van der Waals surface area contributed by atoms with E-state index in [4.69, 9.17) is 9.15 Å². The van der Waals surface area contributed by atoms with Gasteiger partial charge in [0.05, 0.1) is 22.5 Å². The number of rotatable bonds is 9. The van der Waals surface area contributed by atoms with Gasteiger partial charge in [-0.15, -0.1) is 11.8 Å². The lowest BCUT2D eigenvalue weighted by atomic mass is 10.1. The fourth-order valence-electron chi connectivity index (χ4n) is 2.76. The van der Waals surface area contributed by atoms with Gasteiger partial charge >= 0.3 is 0 Å². The molecule has 2 aromatic rings. The molecule has 1 aliphatic rings. The lowest BCUT2D eigenvalue weighted by Gasteiger charge is -2.14. The first kappa shape index (κ1) is 18.5. The molecule has 136 valence electrons. The molecule has 0 radical (unpaired) electrons. The summed E-state index contributed by atoms with van der Waals surface area (Å²) in [5.74, 6) is 0.802. The smallest absolute Gasteiger partial charge is 0.267 e. The van der Waals surface area contributed by atoms with Crippen molar-refractivity contribution < 1.29 is 18.7 Å². The van der Waals surface area contributed by atoms with Crippen LogP contribution in [-0.2, 0) is 20.1 Å². The van der Waals surface area contributed by atoms with E-state index in [1.165, 1.54) is 16.7 Å². The SMILES string of the molecule is CCOCCCN1C(=O)C(SCc2ccco2)=C(c2ccccc2)C1=O. The Bertz CT molecular complexity index is 783. The first-order valence-electron chi connectivity index (χ1n) is 8.61. The second kappa shape index (κ2) is 8.87. The van der Waals surface area contributed by atoms with Gasteiger partial charge in [-0.2, -0.15) is 0 Å². The van der Waals surface area contributed by atoms with Gasteiger partial charge < -0.3 is 9.15 Å². The second-order valence-corrected chi connectivity index (χ2v) is 6.74. The minimum Gasteiger partial charge on any atom is -0.468 e. The topological polar surface area (TPSA) is 59.8 Å². The molecule has 0 N–H and O–H groups in total. The summed E-state index contributed by atoms with van der Waals surface area (Å²) < 4.78 is 10.7. The minimum atomic E-state index is -0.236. The highest BCUT2D eigenvalue weighted by molar-refractivity contribution is 8.03. The van der Waals surface area contributed by atoms with E-state index in [1.807, 2.05) is 49.4 Å². The first-order valence-corrected chi connectivity index (χ1v) is 9.59. The third kappa shape index (κ3) is 4.08. The maximum absolute atomic E-state index is 12.9. The van der Waals surface area contributed by atoms with Gasteiger partial charge in [-0.1, -0.05) is 30.3 Å². The highest BCUT2D eigenvalue weighted by Gasteiger charge is 2.38. The standard InChI is InChI=1S/C20H21NO4S/c1-2-24-12-7-11-21-19(22)17(15-8-4-3-5-9-15)18(20(21)23)26-14-16-10-6-13-25-16/h3-6,8-10,13H,2,7,11-12,14H2,1H3. The van der Waals surface area contributed by atoms with E-state index in [0.717, 1.165) is 11.3 Å². The number of hydrogen-bond donors (Lipinski definition) is 0. The summed E-state index contributed by atoms with van der Waals surface area (Å²) in [5.41, 5.74) is 1.24. The Hall–Kier alpha value is -2.31. The summed E-state index contributed by atoms with van der Waals surface area (Å²) in [6.07, 6.45) is 2.23. The summed E-state index contributed by atoms with van der Waals surface area (Å²) in [6.45, 7) is 3.44. The van der Waals surface area contributed by atoms with Crippen LogP contribution in [0.1, 0.15) is 24.7 Å². The molecule has 0 fully saturated rings. The average Bonchev–Trinajstić information content (AvgIpc) is 3.25. The molecule has 5 nitrogen and oxygen atoms in total. The maximum atomic E-state index is 12.9. The lowest BCUT2D eigenvalue weighted by molar-refractivity contribution is -0.136. The molecule has 6 heteroatoms. The third-order valence-corrected chi connectivity index (χ3v) is 5.10. The Kier molecular flexibility index (Phi) is 6.30. The zero-order valence-corrected chi connectivity index (χ0v) is 15.5. The normalized spacial score (nSPS) is 14.6. The number of carbonyl (C=O) groups excluding carboxylic acids is 2. The molecule has 1 aromatic heterocycles. The van der Waals surface area contributed by atoms with Crippen molar-refractivity contribution in [3.63, 3.8) is 0 Å². The second-order valence-electron chi connectivity index (χ2n) is 5.75. The van der Waals surface area contributed by atoms with Crippen molar-refractivity contribution in [3.05, 3.63) is 65.0 Å². The van der Waals surface area contributed by atoms with Crippen molar-refractivity contribution in [3.8, 4) is 0 Å². The van der Waals surface area contributed by atoms with Crippen LogP contribution in [0.15, 0.2) is 58.1 Å². The van der Waals surface area contributed by atoms with Crippen LogP contribution in [0, 0.1) is 0 Å². The number of nitrogens with zero attached hydrogens (tertiary/aromatic N) is 1. The number of benzene rings is 1. The number of hydrogen-bond acceptors (Lipinski definition) is 5. The van der Waals surface area contributed by atoms with Crippen molar-refractivity contribution >= 4 is 29.1 Å². The zero-order valence-electron chi connectivity index (χ0n) is 14.6. The number of carbonyl (C=O) groups is 2. The van der Waals surface area contributed by atoms with Gasteiger partial charge in [0.1, 0.15) is 5.76 Å². The highest BCUT2D eigenvalue weighted by atomic mass is 32.2. The van der Waals surface area contributed by atoms with Crippen LogP contribution < -0.4 is 0 Å². The number of furan rings is 1. The first-order chi connectivity index (χ1) is 12.7. The quantitative estimate of drug-likeness (QED) is 0.497. The van der Waals surface area contributed by atoms with E-state index < -0.39 is 0 Å². The average molecular weight is 371 g/mol. The van der Waals surface area contributed by atoms with Crippen LogP contribution in [-0.4, -0.2) is 36.5 Å². The monoisotopic (exact) mass is 371 g/mol. The van der Waals surface area contributed by atoms with E-state index in [-0.39, 0.29) is 11.8 Å². The number of amides is 2. The van der Waals surface area contributed by atoms with E-state index in [2.05, 4.69) is 0 Å². The third-order valence-electron chi connectivity index (χ3n) is 4.00. The van der Waals surface area contributed by atoms with Crippen molar-refractivity contribution in [2.24, 2.45) is 0 Å². The number of ether oxygens (including phenoxy) is 1. The Morgan fingerprint density at radius 1 is 1.08 bits per heavy atom. The van der Waals surface area contributed by atoms with Gasteiger partial charge in [-0.05, 0) is 31.0 Å². The van der Waals surface area contributed by atoms with Crippen LogP contribution in [0.5, 0.6) is 0 Å². The molecule has 3 rings (SSSR count). The van der Waals surface area contributed by atoms with Gasteiger partial charge in [0.15, 0.2) is 0 Å². The molecular formula is C20H21NO4S. The Morgan fingerprint density at radius 3 is 2.58 bits per heavy atom. The molecule has 1 aliphatic heterocycles. The molecule has 1 aromatic carbocycles. The molecule has 0 unspecified atom stereocenters. The van der Waals surface area contributed by atoms with Crippen LogP contribution in [0.25, 0.3) is 5.57 Å². The molecule has 0 saturated carbocycles. The Balaban J connectivity index is 1.82. The largest absolute Gasteiger partial charge is 0.468 e. The molecule has 0 atom stereocenters. The van der Waals surface area contributed by atoms with E-state index >= 15 is 0 Å². The molecule has 0 spiro atoms. The van der Waals surface area contributed by atoms with Gasteiger partial charge in [0.25, 0.3) is 11.8 Å².